The zero-order valence-corrected chi connectivity index (χ0v) is 18.5. The molecule has 166 valence electrons. The van der Waals surface area contributed by atoms with Crippen LogP contribution in [0.15, 0.2) is 60.8 Å². The zero-order valence-electron chi connectivity index (χ0n) is 18.5. The van der Waals surface area contributed by atoms with Gasteiger partial charge in [-0.25, -0.2) is 0 Å². The minimum atomic E-state index is -0.0579. The molecule has 32 heavy (non-hydrogen) atoms. The molecule has 1 fully saturated rings. The van der Waals surface area contributed by atoms with Gasteiger partial charge in [0.25, 0.3) is 5.91 Å². The van der Waals surface area contributed by atoms with E-state index < -0.39 is 0 Å². The molecular formula is C25H28N4O3. The number of benzene rings is 2. The molecule has 1 N–H and O–H groups in total. The molecule has 7 heteroatoms. The molecule has 0 bridgehead atoms. The molecule has 2 amide bonds. The molecule has 1 aromatic heterocycles. The largest absolute Gasteiger partial charge is 0.497 e. The second-order valence-electron chi connectivity index (χ2n) is 7.99. The van der Waals surface area contributed by atoms with Gasteiger partial charge in [0.05, 0.1) is 19.2 Å². The van der Waals surface area contributed by atoms with E-state index in [1.54, 1.807) is 14.2 Å². The molecule has 0 atom stereocenters. The van der Waals surface area contributed by atoms with E-state index in [-0.39, 0.29) is 17.7 Å². The third kappa shape index (κ3) is 4.66. The van der Waals surface area contributed by atoms with E-state index >= 15 is 0 Å². The summed E-state index contributed by atoms with van der Waals surface area (Å²) in [4.78, 5) is 27.3. The summed E-state index contributed by atoms with van der Waals surface area (Å²) in [6, 6.07) is 17.6. The number of ether oxygens (including phenoxy) is 1. The van der Waals surface area contributed by atoms with Crippen LogP contribution in [0.2, 0.25) is 0 Å². The SMILES string of the molecule is CNC(=O)C1CCN(C(=O)c2cn(Cc3ccccc3)nc2-c2cccc(OC)c2)CC1. The number of nitrogens with zero attached hydrogens (tertiary/aromatic N) is 3. The number of aromatic nitrogens is 2. The maximum atomic E-state index is 13.5. The van der Waals surface area contributed by atoms with Crippen LogP contribution in [0.25, 0.3) is 11.3 Å². The highest BCUT2D eigenvalue weighted by molar-refractivity contribution is 6.00. The van der Waals surface area contributed by atoms with Gasteiger partial charge < -0.3 is 15.0 Å². The molecule has 1 saturated heterocycles. The topological polar surface area (TPSA) is 76.5 Å². The van der Waals surface area contributed by atoms with Gasteiger partial charge in [0, 0.05) is 37.8 Å². The predicted octanol–water partition coefficient (Wildman–Crippen LogP) is 3.21. The van der Waals surface area contributed by atoms with Gasteiger partial charge in [-0.1, -0.05) is 42.5 Å². The standard InChI is InChI=1S/C25H28N4O3/c1-26-24(30)19-11-13-28(14-12-19)25(31)22-17-29(16-18-7-4-3-5-8-18)27-23(22)20-9-6-10-21(15-20)32-2/h3-10,15,17,19H,11-14,16H2,1-2H3,(H,26,30). The summed E-state index contributed by atoms with van der Waals surface area (Å²) in [5.74, 6) is 0.662. The first-order valence-electron chi connectivity index (χ1n) is 10.9. The van der Waals surface area contributed by atoms with Crippen LogP contribution in [-0.2, 0) is 11.3 Å². The summed E-state index contributed by atoms with van der Waals surface area (Å²) in [7, 11) is 3.27. The predicted molar refractivity (Wildman–Crippen MR) is 122 cm³/mol. The molecule has 0 aliphatic carbocycles. The number of piperidine rings is 1. The first-order chi connectivity index (χ1) is 15.6. The Bertz CT molecular complexity index is 1090. The van der Waals surface area contributed by atoms with Crippen LogP contribution < -0.4 is 10.1 Å². The summed E-state index contributed by atoms with van der Waals surface area (Å²) in [6.45, 7) is 1.68. The van der Waals surface area contributed by atoms with Crippen molar-refractivity contribution >= 4 is 11.8 Å². The molecule has 2 heterocycles. The molecule has 0 spiro atoms. The van der Waals surface area contributed by atoms with E-state index in [9.17, 15) is 9.59 Å². The monoisotopic (exact) mass is 432 g/mol. The number of carbonyl (C=O) groups is 2. The summed E-state index contributed by atoms with van der Waals surface area (Å²) < 4.78 is 7.19. The number of rotatable bonds is 6. The second kappa shape index (κ2) is 9.68. The van der Waals surface area contributed by atoms with Gasteiger partial charge in [-0.2, -0.15) is 5.10 Å². The Labute approximate surface area is 188 Å². The van der Waals surface area contributed by atoms with E-state index in [0.29, 0.717) is 49.5 Å². The molecule has 1 aliphatic heterocycles. The quantitative estimate of drug-likeness (QED) is 0.649. The molecule has 7 nitrogen and oxygen atoms in total. The van der Waals surface area contributed by atoms with E-state index in [0.717, 1.165) is 11.1 Å². The number of hydrogen-bond acceptors (Lipinski definition) is 4. The zero-order chi connectivity index (χ0) is 22.5. The third-order valence-electron chi connectivity index (χ3n) is 5.92. The molecule has 0 saturated carbocycles. The van der Waals surface area contributed by atoms with Gasteiger partial charge in [-0.15, -0.1) is 0 Å². The molecule has 3 aromatic rings. The van der Waals surface area contributed by atoms with Gasteiger partial charge in [0.1, 0.15) is 11.4 Å². The number of nitrogens with one attached hydrogen (secondary N) is 1. The van der Waals surface area contributed by atoms with Gasteiger partial charge in [0.2, 0.25) is 5.91 Å². The van der Waals surface area contributed by atoms with Crippen molar-refractivity contribution in [2.24, 2.45) is 5.92 Å². The van der Waals surface area contributed by atoms with Crippen molar-refractivity contribution in [1.82, 2.24) is 20.0 Å². The third-order valence-corrected chi connectivity index (χ3v) is 5.92. The van der Waals surface area contributed by atoms with E-state index in [1.807, 2.05) is 70.4 Å². The Balaban J connectivity index is 1.63. The van der Waals surface area contributed by atoms with E-state index in [4.69, 9.17) is 9.84 Å². The fourth-order valence-electron chi connectivity index (χ4n) is 4.13. The molecule has 4 rings (SSSR count). The Morgan fingerprint density at radius 2 is 1.84 bits per heavy atom. The molecule has 2 aromatic carbocycles. The summed E-state index contributed by atoms with van der Waals surface area (Å²) in [5, 5.41) is 7.48. The van der Waals surface area contributed by atoms with Crippen molar-refractivity contribution in [3.8, 4) is 17.0 Å². The fraction of sp³-hybridized carbons (Fsp3) is 0.320. The Morgan fingerprint density at radius 1 is 1.09 bits per heavy atom. The number of likely N-dealkylation sites (tertiary alicyclic amines) is 1. The van der Waals surface area contributed by atoms with Crippen LogP contribution in [0.3, 0.4) is 0 Å². The maximum Gasteiger partial charge on any atom is 0.257 e. The Morgan fingerprint density at radius 3 is 2.53 bits per heavy atom. The second-order valence-corrected chi connectivity index (χ2v) is 7.99. The van der Waals surface area contributed by atoms with E-state index in [1.165, 1.54) is 0 Å². The average molecular weight is 433 g/mol. The Kier molecular flexibility index (Phi) is 6.54. The molecule has 0 unspecified atom stereocenters. The lowest BCUT2D eigenvalue weighted by molar-refractivity contribution is -0.125. The van der Waals surface area contributed by atoms with Crippen molar-refractivity contribution in [2.75, 3.05) is 27.2 Å². The summed E-state index contributed by atoms with van der Waals surface area (Å²) in [5.41, 5.74) is 3.14. The number of methoxy groups -OCH3 is 1. The Hall–Kier alpha value is -3.61. The van der Waals surface area contributed by atoms with Crippen LogP contribution in [0.5, 0.6) is 5.75 Å². The maximum absolute atomic E-state index is 13.5. The highest BCUT2D eigenvalue weighted by Gasteiger charge is 2.29. The lowest BCUT2D eigenvalue weighted by Crippen LogP contribution is -2.42. The lowest BCUT2D eigenvalue weighted by atomic mass is 9.95. The highest BCUT2D eigenvalue weighted by Crippen LogP contribution is 2.28. The first kappa shape index (κ1) is 21.6. The first-order valence-corrected chi connectivity index (χ1v) is 10.9. The fourth-order valence-corrected chi connectivity index (χ4v) is 4.13. The smallest absolute Gasteiger partial charge is 0.257 e. The van der Waals surface area contributed by atoms with Gasteiger partial charge in [0.15, 0.2) is 0 Å². The lowest BCUT2D eigenvalue weighted by Gasteiger charge is -2.31. The normalized spacial score (nSPS) is 14.2. The van der Waals surface area contributed by atoms with Crippen LogP contribution in [0.4, 0.5) is 0 Å². The minimum Gasteiger partial charge on any atom is -0.497 e. The summed E-state index contributed by atoms with van der Waals surface area (Å²) in [6.07, 6.45) is 3.16. The van der Waals surface area contributed by atoms with Crippen LogP contribution in [0, 0.1) is 5.92 Å². The van der Waals surface area contributed by atoms with Crippen LogP contribution >= 0.6 is 0 Å². The van der Waals surface area contributed by atoms with Crippen LogP contribution in [-0.4, -0.2) is 53.7 Å². The van der Waals surface area contributed by atoms with Gasteiger partial charge in [-0.05, 0) is 30.5 Å². The van der Waals surface area contributed by atoms with Gasteiger partial charge >= 0.3 is 0 Å². The summed E-state index contributed by atoms with van der Waals surface area (Å²) >= 11 is 0. The van der Waals surface area contributed by atoms with Crippen molar-refractivity contribution < 1.29 is 14.3 Å². The molecule has 1 aliphatic rings. The van der Waals surface area contributed by atoms with Crippen molar-refractivity contribution in [1.29, 1.82) is 0 Å². The van der Waals surface area contributed by atoms with Crippen LogP contribution in [0.1, 0.15) is 28.8 Å². The minimum absolute atomic E-state index is 0.0392. The van der Waals surface area contributed by atoms with Crippen molar-refractivity contribution in [3.05, 3.63) is 71.9 Å². The number of amides is 2. The van der Waals surface area contributed by atoms with Gasteiger partial charge in [-0.3, -0.25) is 14.3 Å². The molecular weight excluding hydrogens is 404 g/mol. The number of hydrogen-bond donors (Lipinski definition) is 1. The van der Waals surface area contributed by atoms with Crippen molar-refractivity contribution in [3.63, 3.8) is 0 Å². The average Bonchev–Trinajstić information content (AvgIpc) is 3.27. The van der Waals surface area contributed by atoms with Crippen molar-refractivity contribution in [2.45, 2.75) is 19.4 Å². The molecule has 0 radical (unpaired) electrons. The van der Waals surface area contributed by atoms with E-state index in [2.05, 4.69) is 5.32 Å². The number of carbonyl (C=O) groups excluding carboxylic acids is 2. The highest BCUT2D eigenvalue weighted by atomic mass is 16.5.